The fourth-order valence-corrected chi connectivity index (χ4v) is 2.81. The molecule has 1 rings (SSSR count). The van der Waals surface area contributed by atoms with Crippen LogP contribution < -0.4 is 5.32 Å². The predicted molar refractivity (Wildman–Crippen MR) is 90.2 cm³/mol. The van der Waals surface area contributed by atoms with Gasteiger partial charge in [-0.3, -0.25) is 0 Å². The predicted octanol–water partition coefficient (Wildman–Crippen LogP) is 5.65. The van der Waals surface area contributed by atoms with Crippen molar-refractivity contribution in [3.05, 3.63) is 35.4 Å². The van der Waals surface area contributed by atoms with E-state index >= 15 is 0 Å². The van der Waals surface area contributed by atoms with Crippen LogP contribution in [-0.4, -0.2) is 7.05 Å². The lowest BCUT2D eigenvalue weighted by Crippen LogP contribution is -2.16. The molecule has 0 amide bonds. The van der Waals surface area contributed by atoms with Crippen molar-refractivity contribution < 1.29 is 0 Å². The zero-order chi connectivity index (χ0) is 14.6. The second-order valence-corrected chi connectivity index (χ2v) is 5.85. The maximum Gasteiger partial charge on any atom is 0.0317 e. The van der Waals surface area contributed by atoms with Gasteiger partial charge in [-0.15, -0.1) is 0 Å². The van der Waals surface area contributed by atoms with Gasteiger partial charge >= 0.3 is 0 Å². The number of hydrogen-bond donors (Lipinski definition) is 1. The van der Waals surface area contributed by atoms with Gasteiger partial charge in [-0.25, -0.2) is 0 Å². The number of nitrogens with one attached hydrogen (secondary N) is 1. The minimum atomic E-state index is 0.525. The molecule has 0 radical (unpaired) electrons. The second kappa shape index (κ2) is 10.9. The van der Waals surface area contributed by atoms with Gasteiger partial charge in [0.25, 0.3) is 0 Å². The number of hydrogen-bond acceptors (Lipinski definition) is 1. The molecule has 114 valence electrons. The summed E-state index contributed by atoms with van der Waals surface area (Å²) in [6, 6.07) is 9.58. The smallest absolute Gasteiger partial charge is 0.0317 e. The molecule has 0 saturated heterocycles. The second-order valence-electron chi connectivity index (χ2n) is 5.85. The zero-order valence-corrected chi connectivity index (χ0v) is 13.8. The fraction of sp³-hybridized carbons (Fsp3) is 0.684. The van der Waals surface area contributed by atoms with Crippen molar-refractivity contribution in [1.82, 2.24) is 5.32 Å². The molecule has 1 atom stereocenters. The highest BCUT2D eigenvalue weighted by Crippen LogP contribution is 2.21. The van der Waals surface area contributed by atoms with Crippen molar-refractivity contribution in [1.29, 1.82) is 0 Å². The van der Waals surface area contributed by atoms with Crippen molar-refractivity contribution in [2.45, 2.75) is 77.7 Å². The van der Waals surface area contributed by atoms with Gasteiger partial charge in [0.15, 0.2) is 0 Å². The molecule has 0 bridgehead atoms. The fourth-order valence-electron chi connectivity index (χ4n) is 2.81. The average molecular weight is 275 g/mol. The van der Waals surface area contributed by atoms with Crippen LogP contribution in [0.4, 0.5) is 0 Å². The van der Waals surface area contributed by atoms with E-state index in [0.717, 1.165) is 6.42 Å². The first kappa shape index (κ1) is 17.2. The number of benzene rings is 1. The third kappa shape index (κ3) is 6.56. The van der Waals surface area contributed by atoms with Gasteiger partial charge in [-0.2, -0.15) is 0 Å². The summed E-state index contributed by atoms with van der Waals surface area (Å²) in [4.78, 5) is 0. The largest absolute Gasteiger partial charge is 0.313 e. The Labute approximate surface area is 126 Å². The van der Waals surface area contributed by atoms with E-state index in [1.807, 2.05) is 0 Å². The molecule has 0 fully saturated rings. The zero-order valence-electron chi connectivity index (χ0n) is 13.8. The van der Waals surface area contributed by atoms with Gasteiger partial charge in [0, 0.05) is 6.04 Å². The summed E-state index contributed by atoms with van der Waals surface area (Å²) in [5.74, 6) is 0. The normalized spacial score (nSPS) is 12.6. The van der Waals surface area contributed by atoms with Crippen molar-refractivity contribution in [2.24, 2.45) is 0 Å². The summed E-state index contributed by atoms with van der Waals surface area (Å²) in [6.07, 6.45) is 12.1. The minimum absolute atomic E-state index is 0.525. The molecule has 0 spiro atoms. The maximum absolute atomic E-state index is 3.48. The van der Waals surface area contributed by atoms with Crippen LogP contribution in [0.1, 0.15) is 82.4 Å². The molecule has 0 aliphatic heterocycles. The summed E-state index contributed by atoms with van der Waals surface area (Å²) in [5, 5.41) is 3.48. The standard InChI is InChI=1S/C19H33N/c1-4-6-7-8-9-10-11-15-19(20-3)18-14-12-13-17(5-2)16-18/h12-14,16,19-20H,4-11,15H2,1-3H3. The van der Waals surface area contributed by atoms with E-state index in [-0.39, 0.29) is 0 Å². The average Bonchev–Trinajstić information content (AvgIpc) is 2.50. The molecular formula is C19H33N. The van der Waals surface area contributed by atoms with Gasteiger partial charge in [0.2, 0.25) is 0 Å². The highest BCUT2D eigenvalue weighted by atomic mass is 14.9. The Balaban J connectivity index is 2.28. The molecule has 1 heteroatoms. The van der Waals surface area contributed by atoms with E-state index in [1.54, 1.807) is 0 Å². The lowest BCUT2D eigenvalue weighted by molar-refractivity contribution is 0.495. The molecule has 20 heavy (non-hydrogen) atoms. The minimum Gasteiger partial charge on any atom is -0.313 e. The van der Waals surface area contributed by atoms with Crippen LogP contribution >= 0.6 is 0 Å². The Morgan fingerprint density at radius 2 is 1.65 bits per heavy atom. The highest BCUT2D eigenvalue weighted by Gasteiger charge is 2.08. The van der Waals surface area contributed by atoms with Gasteiger partial charge in [-0.05, 0) is 31.0 Å². The SMILES string of the molecule is CCCCCCCCCC(NC)c1cccc(CC)c1. The van der Waals surface area contributed by atoms with E-state index in [2.05, 4.69) is 50.5 Å². The first-order valence-corrected chi connectivity index (χ1v) is 8.57. The van der Waals surface area contributed by atoms with Crippen LogP contribution in [0.15, 0.2) is 24.3 Å². The summed E-state index contributed by atoms with van der Waals surface area (Å²) < 4.78 is 0. The Bertz CT molecular complexity index is 345. The van der Waals surface area contributed by atoms with Crippen molar-refractivity contribution >= 4 is 0 Å². The van der Waals surface area contributed by atoms with E-state index < -0.39 is 0 Å². The number of aryl methyl sites for hydroxylation is 1. The van der Waals surface area contributed by atoms with Crippen LogP contribution in [0.5, 0.6) is 0 Å². The van der Waals surface area contributed by atoms with Crippen molar-refractivity contribution in [3.63, 3.8) is 0 Å². The third-order valence-electron chi connectivity index (χ3n) is 4.21. The van der Waals surface area contributed by atoms with E-state index in [1.165, 1.54) is 62.5 Å². The van der Waals surface area contributed by atoms with Gasteiger partial charge in [-0.1, -0.05) is 83.1 Å². The Kier molecular flexibility index (Phi) is 9.40. The first-order chi connectivity index (χ1) is 9.81. The van der Waals surface area contributed by atoms with Crippen LogP contribution in [0.25, 0.3) is 0 Å². The number of unbranched alkanes of at least 4 members (excludes halogenated alkanes) is 6. The van der Waals surface area contributed by atoms with Gasteiger partial charge < -0.3 is 5.32 Å². The maximum atomic E-state index is 3.48. The highest BCUT2D eigenvalue weighted by molar-refractivity contribution is 5.26. The molecule has 0 saturated carbocycles. The molecule has 1 nitrogen and oxygen atoms in total. The summed E-state index contributed by atoms with van der Waals surface area (Å²) in [5.41, 5.74) is 2.90. The summed E-state index contributed by atoms with van der Waals surface area (Å²) in [6.45, 7) is 4.51. The third-order valence-corrected chi connectivity index (χ3v) is 4.21. The van der Waals surface area contributed by atoms with Crippen LogP contribution in [0, 0.1) is 0 Å². The van der Waals surface area contributed by atoms with Gasteiger partial charge in [0.05, 0.1) is 0 Å². The van der Waals surface area contributed by atoms with Crippen molar-refractivity contribution in [3.8, 4) is 0 Å². The molecule has 1 unspecified atom stereocenters. The molecule has 0 aliphatic carbocycles. The Morgan fingerprint density at radius 1 is 0.950 bits per heavy atom. The first-order valence-electron chi connectivity index (χ1n) is 8.57. The Hall–Kier alpha value is -0.820. The molecule has 0 aliphatic rings. The monoisotopic (exact) mass is 275 g/mol. The number of rotatable bonds is 11. The molecule has 1 N–H and O–H groups in total. The lowest BCUT2D eigenvalue weighted by atomic mass is 9.97. The van der Waals surface area contributed by atoms with Crippen LogP contribution in [0.2, 0.25) is 0 Å². The summed E-state index contributed by atoms with van der Waals surface area (Å²) >= 11 is 0. The Morgan fingerprint density at radius 3 is 2.30 bits per heavy atom. The van der Waals surface area contributed by atoms with Crippen LogP contribution in [-0.2, 0) is 6.42 Å². The van der Waals surface area contributed by atoms with Gasteiger partial charge in [0.1, 0.15) is 0 Å². The molecule has 1 aromatic carbocycles. The molecule has 0 aromatic heterocycles. The van der Waals surface area contributed by atoms with E-state index in [4.69, 9.17) is 0 Å². The molecular weight excluding hydrogens is 242 g/mol. The van der Waals surface area contributed by atoms with E-state index in [9.17, 15) is 0 Å². The topological polar surface area (TPSA) is 12.0 Å². The van der Waals surface area contributed by atoms with E-state index in [0.29, 0.717) is 6.04 Å². The molecule has 0 heterocycles. The van der Waals surface area contributed by atoms with Crippen LogP contribution in [0.3, 0.4) is 0 Å². The lowest BCUT2D eigenvalue weighted by Gasteiger charge is -2.17. The van der Waals surface area contributed by atoms with Crippen molar-refractivity contribution in [2.75, 3.05) is 7.05 Å². The quantitative estimate of drug-likeness (QED) is 0.514. The molecule has 1 aromatic rings. The summed E-state index contributed by atoms with van der Waals surface area (Å²) in [7, 11) is 2.09.